The van der Waals surface area contributed by atoms with Crippen molar-refractivity contribution in [2.24, 2.45) is 4.99 Å². The van der Waals surface area contributed by atoms with E-state index in [2.05, 4.69) is 35.0 Å². The maximum Gasteiger partial charge on any atom is 0.161 e. The van der Waals surface area contributed by atoms with E-state index in [0.717, 1.165) is 28.9 Å². The summed E-state index contributed by atoms with van der Waals surface area (Å²) in [6.07, 6.45) is 1.84. The minimum atomic E-state index is -0.00549. The van der Waals surface area contributed by atoms with E-state index >= 15 is 0 Å². The van der Waals surface area contributed by atoms with E-state index in [0.29, 0.717) is 11.9 Å². The zero-order chi connectivity index (χ0) is 18.1. The van der Waals surface area contributed by atoms with Gasteiger partial charge in [-0.25, -0.2) is 0 Å². The molecular weight excluding hydrogens is 346 g/mol. The Balaban J connectivity index is 1.76. The maximum atomic E-state index is 5.80. The van der Waals surface area contributed by atoms with Crippen molar-refractivity contribution >= 4 is 16.9 Å². The fourth-order valence-electron chi connectivity index (χ4n) is 3.62. The minimum absolute atomic E-state index is 0.00549. The largest absolute Gasteiger partial charge is 0.493 e. The molecule has 5 nitrogen and oxygen atoms in total. The number of aliphatic imine (C=N–C) groups is 1. The normalized spacial score (nSPS) is 24.3. The smallest absolute Gasteiger partial charge is 0.161 e. The molecule has 4 rings (SSSR count). The summed E-state index contributed by atoms with van der Waals surface area (Å²) in [6, 6.07) is 12.4. The first-order valence-corrected chi connectivity index (χ1v) is 9.82. The van der Waals surface area contributed by atoms with Crippen LogP contribution in [0, 0.1) is 0 Å². The van der Waals surface area contributed by atoms with Gasteiger partial charge in [0.15, 0.2) is 16.7 Å². The quantitative estimate of drug-likeness (QED) is 0.795. The first-order chi connectivity index (χ1) is 12.7. The average molecular weight is 369 g/mol. The van der Waals surface area contributed by atoms with Gasteiger partial charge in [-0.1, -0.05) is 30.8 Å². The van der Waals surface area contributed by atoms with Crippen LogP contribution in [0.3, 0.4) is 0 Å². The molecule has 0 saturated carbocycles. The van der Waals surface area contributed by atoms with Gasteiger partial charge in [0.05, 0.1) is 25.5 Å². The molecular formula is C20H23N3O2S. The van der Waals surface area contributed by atoms with Crippen molar-refractivity contribution in [3.05, 3.63) is 53.9 Å². The van der Waals surface area contributed by atoms with E-state index in [1.807, 2.05) is 43.1 Å². The van der Waals surface area contributed by atoms with Gasteiger partial charge in [-0.3, -0.25) is 9.98 Å². The molecule has 0 unspecified atom stereocenters. The van der Waals surface area contributed by atoms with Gasteiger partial charge in [0.2, 0.25) is 0 Å². The molecule has 1 aromatic heterocycles. The molecule has 1 saturated heterocycles. The Morgan fingerprint density at radius 3 is 2.85 bits per heavy atom. The summed E-state index contributed by atoms with van der Waals surface area (Å²) in [6.45, 7) is 5.83. The molecule has 6 heteroatoms. The Labute approximate surface area is 158 Å². The molecule has 2 aliphatic heterocycles. The molecule has 0 spiro atoms. The van der Waals surface area contributed by atoms with Crippen molar-refractivity contribution in [2.75, 3.05) is 20.3 Å². The number of hydrogen-bond donors (Lipinski definition) is 0. The lowest BCUT2D eigenvalue weighted by Gasteiger charge is -2.28. The SMILES string of the molecule is CCOc1cc([C@H]2[C@@H](c3ccccn3)N=C3S[C@@H](C)CN32)ccc1OC. The van der Waals surface area contributed by atoms with E-state index in [9.17, 15) is 0 Å². The number of ether oxygens (including phenoxy) is 2. The number of nitrogens with zero attached hydrogens (tertiary/aromatic N) is 3. The second kappa shape index (κ2) is 7.19. The molecule has 3 atom stereocenters. The van der Waals surface area contributed by atoms with Crippen LogP contribution >= 0.6 is 11.8 Å². The highest BCUT2D eigenvalue weighted by Crippen LogP contribution is 2.48. The van der Waals surface area contributed by atoms with Crippen LogP contribution in [0.25, 0.3) is 0 Å². The van der Waals surface area contributed by atoms with Crippen LogP contribution in [0.15, 0.2) is 47.6 Å². The summed E-state index contributed by atoms with van der Waals surface area (Å²) in [5.74, 6) is 1.54. The van der Waals surface area contributed by atoms with Gasteiger partial charge in [-0.15, -0.1) is 0 Å². The van der Waals surface area contributed by atoms with E-state index in [-0.39, 0.29) is 12.1 Å². The highest BCUT2D eigenvalue weighted by atomic mass is 32.2. The number of hydrogen-bond acceptors (Lipinski definition) is 6. The van der Waals surface area contributed by atoms with Crippen LogP contribution in [0.1, 0.15) is 37.2 Å². The predicted octanol–water partition coefficient (Wildman–Crippen LogP) is 4.08. The number of benzene rings is 1. The molecule has 0 N–H and O–H groups in total. The first kappa shape index (κ1) is 17.2. The summed E-state index contributed by atoms with van der Waals surface area (Å²) in [4.78, 5) is 12.0. The van der Waals surface area contributed by atoms with Crippen molar-refractivity contribution in [2.45, 2.75) is 31.2 Å². The van der Waals surface area contributed by atoms with Crippen molar-refractivity contribution in [1.82, 2.24) is 9.88 Å². The van der Waals surface area contributed by atoms with Crippen molar-refractivity contribution in [3.63, 3.8) is 0 Å². The van der Waals surface area contributed by atoms with Crippen LogP contribution in [0.5, 0.6) is 11.5 Å². The average Bonchev–Trinajstić information content (AvgIpc) is 3.18. The number of fused-ring (bicyclic) bond motifs is 1. The molecule has 2 aliphatic rings. The summed E-state index contributed by atoms with van der Waals surface area (Å²) in [5, 5.41) is 1.66. The van der Waals surface area contributed by atoms with Crippen molar-refractivity contribution in [3.8, 4) is 11.5 Å². The molecule has 3 heterocycles. The monoisotopic (exact) mass is 369 g/mol. The molecule has 1 aromatic carbocycles. The summed E-state index contributed by atoms with van der Waals surface area (Å²) in [7, 11) is 1.67. The van der Waals surface area contributed by atoms with E-state index in [4.69, 9.17) is 14.5 Å². The number of rotatable bonds is 5. The fraction of sp³-hybridized carbons (Fsp3) is 0.400. The lowest BCUT2D eigenvalue weighted by Crippen LogP contribution is -2.28. The highest BCUT2D eigenvalue weighted by Gasteiger charge is 2.43. The summed E-state index contributed by atoms with van der Waals surface area (Å²) in [5.41, 5.74) is 2.18. The third-order valence-electron chi connectivity index (χ3n) is 4.71. The zero-order valence-electron chi connectivity index (χ0n) is 15.3. The van der Waals surface area contributed by atoms with Gasteiger partial charge in [-0.05, 0) is 36.8 Å². The molecule has 0 radical (unpaired) electrons. The highest BCUT2D eigenvalue weighted by molar-refractivity contribution is 8.14. The molecule has 136 valence electrons. The van der Waals surface area contributed by atoms with Gasteiger partial charge in [0, 0.05) is 18.0 Å². The molecule has 26 heavy (non-hydrogen) atoms. The van der Waals surface area contributed by atoms with E-state index in [1.165, 1.54) is 5.56 Å². The van der Waals surface area contributed by atoms with Crippen molar-refractivity contribution in [1.29, 1.82) is 0 Å². The zero-order valence-corrected chi connectivity index (χ0v) is 16.1. The number of pyridine rings is 1. The Kier molecular flexibility index (Phi) is 4.76. The van der Waals surface area contributed by atoms with Gasteiger partial charge < -0.3 is 14.4 Å². The number of thioether (sulfide) groups is 1. The fourth-order valence-corrected chi connectivity index (χ4v) is 4.72. The first-order valence-electron chi connectivity index (χ1n) is 8.94. The molecule has 0 amide bonds. The second-order valence-electron chi connectivity index (χ2n) is 6.48. The third-order valence-corrected chi connectivity index (χ3v) is 5.81. The summed E-state index contributed by atoms with van der Waals surface area (Å²) >= 11 is 1.85. The van der Waals surface area contributed by atoms with Gasteiger partial charge in [0.25, 0.3) is 0 Å². The van der Waals surface area contributed by atoms with Gasteiger partial charge in [0.1, 0.15) is 6.04 Å². The van der Waals surface area contributed by atoms with Crippen LogP contribution in [-0.2, 0) is 0 Å². The molecule has 1 fully saturated rings. The Hall–Kier alpha value is -2.21. The Morgan fingerprint density at radius 2 is 2.12 bits per heavy atom. The van der Waals surface area contributed by atoms with Crippen LogP contribution < -0.4 is 9.47 Å². The summed E-state index contributed by atoms with van der Waals surface area (Å²) < 4.78 is 11.2. The standard InChI is InChI=1S/C20H23N3O2S/c1-4-25-17-11-14(8-9-16(17)24-3)19-18(15-7-5-6-10-21-15)22-20-23(19)12-13(2)26-20/h5-11,13,18-19H,4,12H2,1-3H3/t13-,18+,19-/m0/s1. The predicted molar refractivity (Wildman–Crippen MR) is 105 cm³/mol. The lowest BCUT2D eigenvalue weighted by atomic mass is 9.96. The van der Waals surface area contributed by atoms with Crippen molar-refractivity contribution < 1.29 is 9.47 Å². The molecule has 2 aromatic rings. The molecule has 0 aliphatic carbocycles. The lowest BCUT2D eigenvalue weighted by molar-refractivity contribution is 0.302. The van der Waals surface area contributed by atoms with Crippen LogP contribution in [0.4, 0.5) is 0 Å². The van der Waals surface area contributed by atoms with Gasteiger partial charge >= 0.3 is 0 Å². The number of methoxy groups -OCH3 is 1. The van der Waals surface area contributed by atoms with E-state index in [1.54, 1.807) is 7.11 Å². The Morgan fingerprint density at radius 1 is 1.23 bits per heavy atom. The minimum Gasteiger partial charge on any atom is -0.493 e. The number of amidine groups is 1. The topological polar surface area (TPSA) is 47.0 Å². The van der Waals surface area contributed by atoms with Gasteiger partial charge in [-0.2, -0.15) is 0 Å². The Bertz CT molecular complexity index is 812. The third kappa shape index (κ3) is 3.03. The van der Waals surface area contributed by atoms with Crippen LogP contribution in [0.2, 0.25) is 0 Å². The van der Waals surface area contributed by atoms with Crippen LogP contribution in [-0.4, -0.2) is 40.6 Å². The second-order valence-corrected chi connectivity index (χ2v) is 7.89. The van der Waals surface area contributed by atoms with E-state index < -0.39 is 0 Å². The molecule has 0 bridgehead atoms. The maximum absolute atomic E-state index is 5.80. The number of aromatic nitrogens is 1.